The molecule has 0 aliphatic rings. The van der Waals surface area contributed by atoms with Crippen molar-refractivity contribution in [1.29, 1.82) is 0 Å². The zero-order chi connectivity index (χ0) is 40.7. The van der Waals surface area contributed by atoms with Gasteiger partial charge in [-0.1, -0.05) is 152 Å². The average molecular weight is 793 g/mol. The number of fused-ring (bicyclic) bond motifs is 10. The van der Waals surface area contributed by atoms with E-state index < -0.39 is 0 Å². The fraction of sp³-hybridized carbons (Fsp3) is 0. The third-order valence-corrected chi connectivity index (χ3v) is 12.4. The molecule has 0 N–H and O–H groups in total. The summed E-state index contributed by atoms with van der Waals surface area (Å²) in [5.41, 5.74) is 13.2. The standard InChI is InChI=1S/C56H36N6/c1-4-17-37(18-5-1)55-57-56(38-19-6-2-7-20-38)62(58-55)42-31-32-45-43-25-10-13-28-48(43)60(52(45)36-42)41-24-16-23-40(35-41)59-50-30-15-12-27-47(50)53-51(59)34-33-46-44-26-11-14-29-49(44)61(54(46)53)39-21-8-3-9-22-39/h1-36H. The van der Waals surface area contributed by atoms with Crippen molar-refractivity contribution in [2.45, 2.75) is 0 Å². The Hall–Kier alpha value is -8.48. The van der Waals surface area contributed by atoms with Gasteiger partial charge in [-0.2, -0.15) is 0 Å². The number of hydrogen-bond acceptors (Lipinski definition) is 2. The summed E-state index contributed by atoms with van der Waals surface area (Å²) >= 11 is 0. The molecule has 4 aromatic heterocycles. The second kappa shape index (κ2) is 13.5. The highest BCUT2D eigenvalue weighted by atomic mass is 15.4. The summed E-state index contributed by atoms with van der Waals surface area (Å²) in [5, 5.41) is 12.5. The van der Waals surface area contributed by atoms with Gasteiger partial charge in [0.05, 0.1) is 38.8 Å². The fourth-order valence-corrected chi connectivity index (χ4v) is 9.75. The summed E-state index contributed by atoms with van der Waals surface area (Å²) in [7, 11) is 0. The molecular formula is C56H36N6. The van der Waals surface area contributed by atoms with Crippen LogP contribution >= 0.6 is 0 Å². The first kappa shape index (κ1) is 34.4. The molecule has 0 atom stereocenters. The molecule has 6 heteroatoms. The largest absolute Gasteiger partial charge is 0.309 e. The molecule has 9 aromatic carbocycles. The number of benzene rings is 9. The van der Waals surface area contributed by atoms with E-state index in [1.807, 2.05) is 41.1 Å². The molecule has 0 fully saturated rings. The first-order chi connectivity index (χ1) is 30.8. The Labute approximate surface area is 356 Å². The summed E-state index contributed by atoms with van der Waals surface area (Å²) in [4.78, 5) is 5.11. The Bertz CT molecular complexity index is 3850. The molecule has 0 radical (unpaired) electrons. The summed E-state index contributed by atoms with van der Waals surface area (Å²) in [6.07, 6.45) is 0. The smallest absolute Gasteiger partial charge is 0.182 e. The van der Waals surface area contributed by atoms with Crippen molar-refractivity contribution in [3.05, 3.63) is 218 Å². The van der Waals surface area contributed by atoms with Crippen LogP contribution in [0.4, 0.5) is 0 Å². The average Bonchev–Trinajstić information content (AvgIpc) is 4.11. The second-order valence-corrected chi connectivity index (χ2v) is 15.9. The van der Waals surface area contributed by atoms with Crippen LogP contribution in [0.2, 0.25) is 0 Å². The third-order valence-electron chi connectivity index (χ3n) is 12.4. The van der Waals surface area contributed by atoms with Crippen LogP contribution in [0.25, 0.3) is 111 Å². The molecule has 0 amide bonds. The van der Waals surface area contributed by atoms with Gasteiger partial charge in [-0.15, -0.1) is 5.10 Å². The molecule has 290 valence electrons. The lowest BCUT2D eigenvalue weighted by Gasteiger charge is -2.13. The number of para-hydroxylation sites is 4. The first-order valence-electron chi connectivity index (χ1n) is 21.0. The second-order valence-electron chi connectivity index (χ2n) is 15.9. The van der Waals surface area contributed by atoms with E-state index in [2.05, 4.69) is 196 Å². The molecule has 0 unspecified atom stereocenters. The first-order valence-corrected chi connectivity index (χ1v) is 21.0. The van der Waals surface area contributed by atoms with Gasteiger partial charge in [0.2, 0.25) is 0 Å². The minimum atomic E-state index is 0.686. The SMILES string of the molecule is c1ccc(-c2nc(-c3ccccc3)n(-c3ccc4c5ccccc5n(-c5cccc(-n6c7ccccc7c7c6ccc6c8ccccc8n(-c8ccccc8)c67)c5)c4c3)n2)cc1. The van der Waals surface area contributed by atoms with E-state index in [1.54, 1.807) is 0 Å². The summed E-state index contributed by atoms with van der Waals surface area (Å²) in [6.45, 7) is 0. The highest BCUT2D eigenvalue weighted by Crippen LogP contribution is 2.43. The van der Waals surface area contributed by atoms with Crippen molar-refractivity contribution >= 4 is 65.4 Å². The van der Waals surface area contributed by atoms with Crippen LogP contribution in [0.1, 0.15) is 0 Å². The minimum absolute atomic E-state index is 0.686. The van der Waals surface area contributed by atoms with Crippen molar-refractivity contribution in [3.63, 3.8) is 0 Å². The van der Waals surface area contributed by atoms with Crippen LogP contribution in [-0.2, 0) is 0 Å². The third kappa shape index (κ3) is 5.10. The van der Waals surface area contributed by atoms with Gasteiger partial charge in [0, 0.05) is 60.5 Å². The highest BCUT2D eigenvalue weighted by molar-refractivity contribution is 6.26. The Balaban J connectivity index is 1.04. The minimum Gasteiger partial charge on any atom is -0.309 e. The highest BCUT2D eigenvalue weighted by Gasteiger charge is 2.22. The van der Waals surface area contributed by atoms with E-state index in [0.29, 0.717) is 5.82 Å². The number of nitrogens with zero attached hydrogens (tertiary/aromatic N) is 6. The molecule has 13 rings (SSSR count). The zero-order valence-corrected chi connectivity index (χ0v) is 33.5. The molecular weight excluding hydrogens is 757 g/mol. The van der Waals surface area contributed by atoms with Gasteiger partial charge in [-0.25, -0.2) is 9.67 Å². The topological polar surface area (TPSA) is 45.5 Å². The van der Waals surface area contributed by atoms with E-state index in [1.165, 1.54) is 43.4 Å². The van der Waals surface area contributed by atoms with Crippen LogP contribution in [-0.4, -0.2) is 28.5 Å². The van der Waals surface area contributed by atoms with Gasteiger partial charge < -0.3 is 13.7 Å². The van der Waals surface area contributed by atoms with E-state index in [4.69, 9.17) is 10.1 Å². The Kier molecular flexibility index (Phi) is 7.50. The summed E-state index contributed by atoms with van der Waals surface area (Å²) < 4.78 is 9.26. The maximum Gasteiger partial charge on any atom is 0.182 e. The van der Waals surface area contributed by atoms with Gasteiger partial charge in [-0.05, 0) is 66.7 Å². The molecule has 0 aliphatic heterocycles. The number of hydrogen-bond donors (Lipinski definition) is 0. The Morgan fingerprint density at radius 2 is 0.823 bits per heavy atom. The Morgan fingerprint density at radius 3 is 1.53 bits per heavy atom. The molecule has 4 heterocycles. The van der Waals surface area contributed by atoms with Crippen molar-refractivity contribution in [3.8, 4) is 45.5 Å². The van der Waals surface area contributed by atoms with Gasteiger partial charge >= 0.3 is 0 Å². The van der Waals surface area contributed by atoms with Crippen molar-refractivity contribution in [2.75, 3.05) is 0 Å². The summed E-state index contributed by atoms with van der Waals surface area (Å²) in [6, 6.07) is 77.8. The van der Waals surface area contributed by atoms with Crippen molar-refractivity contribution in [1.82, 2.24) is 28.5 Å². The Morgan fingerprint density at radius 1 is 0.306 bits per heavy atom. The lowest BCUT2D eigenvalue weighted by atomic mass is 10.1. The van der Waals surface area contributed by atoms with E-state index in [0.717, 1.165) is 61.8 Å². The predicted octanol–water partition coefficient (Wildman–Crippen LogP) is 13.9. The van der Waals surface area contributed by atoms with E-state index in [-0.39, 0.29) is 0 Å². The monoisotopic (exact) mass is 792 g/mol. The van der Waals surface area contributed by atoms with Crippen LogP contribution < -0.4 is 0 Å². The number of aromatic nitrogens is 6. The molecule has 13 aromatic rings. The molecule has 0 bridgehead atoms. The van der Waals surface area contributed by atoms with Gasteiger partial charge in [0.25, 0.3) is 0 Å². The lowest BCUT2D eigenvalue weighted by Crippen LogP contribution is -2.01. The van der Waals surface area contributed by atoms with Gasteiger partial charge in [0.1, 0.15) is 0 Å². The molecule has 62 heavy (non-hydrogen) atoms. The van der Waals surface area contributed by atoms with Crippen LogP contribution in [0, 0.1) is 0 Å². The van der Waals surface area contributed by atoms with Gasteiger partial charge in [0.15, 0.2) is 11.6 Å². The maximum absolute atomic E-state index is 5.15. The van der Waals surface area contributed by atoms with Gasteiger partial charge in [-0.3, -0.25) is 0 Å². The normalized spacial score (nSPS) is 11.9. The molecule has 0 spiro atoms. The fourth-order valence-electron chi connectivity index (χ4n) is 9.75. The van der Waals surface area contributed by atoms with E-state index in [9.17, 15) is 0 Å². The zero-order valence-electron chi connectivity index (χ0n) is 33.5. The van der Waals surface area contributed by atoms with Crippen LogP contribution in [0.3, 0.4) is 0 Å². The molecule has 0 saturated heterocycles. The van der Waals surface area contributed by atoms with Crippen LogP contribution in [0.15, 0.2) is 218 Å². The quantitative estimate of drug-likeness (QED) is 0.168. The lowest BCUT2D eigenvalue weighted by molar-refractivity contribution is 0.891. The van der Waals surface area contributed by atoms with Crippen molar-refractivity contribution < 1.29 is 0 Å². The van der Waals surface area contributed by atoms with Crippen molar-refractivity contribution in [2.24, 2.45) is 0 Å². The molecule has 0 aliphatic carbocycles. The van der Waals surface area contributed by atoms with E-state index >= 15 is 0 Å². The predicted molar refractivity (Wildman–Crippen MR) is 255 cm³/mol. The summed E-state index contributed by atoms with van der Waals surface area (Å²) in [5.74, 6) is 1.48. The molecule has 6 nitrogen and oxygen atoms in total. The molecule has 0 saturated carbocycles. The van der Waals surface area contributed by atoms with Crippen LogP contribution in [0.5, 0.6) is 0 Å². The number of rotatable bonds is 6. The maximum atomic E-state index is 5.15.